The Morgan fingerprint density at radius 2 is 1.88 bits per heavy atom. The Bertz CT molecular complexity index is 1260. The van der Waals surface area contributed by atoms with Crippen LogP contribution < -0.4 is 15.4 Å². The van der Waals surface area contributed by atoms with E-state index in [0.717, 1.165) is 11.3 Å². The zero-order valence-electron chi connectivity index (χ0n) is 19.1. The van der Waals surface area contributed by atoms with Crippen LogP contribution in [0, 0.1) is 13.8 Å². The average molecular weight is 481 g/mol. The highest BCUT2D eigenvalue weighted by Crippen LogP contribution is 2.27. The first-order valence-corrected chi connectivity index (χ1v) is 12.6. The first-order chi connectivity index (χ1) is 16.3. The summed E-state index contributed by atoms with van der Waals surface area (Å²) in [6.45, 7) is 4.13. The normalized spacial score (nSPS) is 18.2. The molecule has 2 atom stereocenters. The molecule has 3 aromatic rings. The van der Waals surface area contributed by atoms with E-state index in [2.05, 4.69) is 20.3 Å². The van der Waals surface area contributed by atoms with Crippen LogP contribution in [0.2, 0.25) is 0 Å². The number of hydrogen-bond donors (Lipinski definition) is 3. The van der Waals surface area contributed by atoms with Crippen molar-refractivity contribution in [2.75, 3.05) is 16.6 Å². The molecule has 1 aromatic heterocycles. The van der Waals surface area contributed by atoms with Crippen LogP contribution >= 0.6 is 0 Å². The summed E-state index contributed by atoms with van der Waals surface area (Å²) in [5.41, 5.74) is 3.23. The highest BCUT2D eigenvalue weighted by atomic mass is 32.2. The van der Waals surface area contributed by atoms with Crippen molar-refractivity contribution >= 4 is 27.4 Å². The van der Waals surface area contributed by atoms with Crippen LogP contribution in [0.5, 0.6) is 0 Å². The molecule has 1 saturated heterocycles. The number of anilines is 2. The van der Waals surface area contributed by atoms with E-state index in [0.29, 0.717) is 36.4 Å². The molecular formula is C25H28N4O4S. The first-order valence-electron chi connectivity index (χ1n) is 11.1. The maximum absolute atomic E-state index is 13.0. The molecule has 0 saturated carbocycles. The number of aryl methyl sites for hydroxylation is 2. The number of carbonyl (C=O) groups excluding carboxylic acids is 1. The van der Waals surface area contributed by atoms with Crippen LogP contribution in [0.25, 0.3) is 0 Å². The van der Waals surface area contributed by atoms with Gasteiger partial charge in [-0.15, -0.1) is 0 Å². The Labute approximate surface area is 199 Å². The number of aromatic nitrogens is 1. The first kappa shape index (κ1) is 23.7. The van der Waals surface area contributed by atoms with E-state index in [1.165, 1.54) is 6.07 Å². The molecule has 2 amide bonds. The third-order valence-corrected chi connectivity index (χ3v) is 7.17. The summed E-state index contributed by atoms with van der Waals surface area (Å²) in [6.07, 6.45) is 2.84. The van der Waals surface area contributed by atoms with Gasteiger partial charge < -0.3 is 15.4 Å². The number of sulfonamides is 1. The Hall–Kier alpha value is -3.43. The standard InChI is InChI=1S/C25H28N4O4S/c1-17-6-5-7-21(14-17)29-34(31,32)24-16-19(10-9-18(24)2)27-25(30)28-20-11-13-33-23(15-20)22-8-3-4-12-26-22/h3-10,12,14,16,20,23,29H,11,13,15H2,1-2H3,(H2,27,28,30)/t20-,23-/m1/s1. The number of carbonyl (C=O) groups is 1. The maximum Gasteiger partial charge on any atom is 0.319 e. The molecular weight excluding hydrogens is 452 g/mol. The van der Waals surface area contributed by atoms with E-state index in [9.17, 15) is 13.2 Å². The number of rotatable bonds is 6. The summed E-state index contributed by atoms with van der Waals surface area (Å²) in [5, 5.41) is 5.72. The summed E-state index contributed by atoms with van der Waals surface area (Å²) >= 11 is 0. The summed E-state index contributed by atoms with van der Waals surface area (Å²) in [5.74, 6) is 0. The predicted octanol–water partition coefficient (Wildman–Crippen LogP) is 4.54. The van der Waals surface area contributed by atoms with Crippen LogP contribution in [0.15, 0.2) is 71.8 Å². The van der Waals surface area contributed by atoms with E-state index >= 15 is 0 Å². The van der Waals surface area contributed by atoms with Crippen molar-refractivity contribution in [3.8, 4) is 0 Å². The van der Waals surface area contributed by atoms with E-state index in [1.807, 2.05) is 31.2 Å². The van der Waals surface area contributed by atoms with Crippen molar-refractivity contribution in [2.24, 2.45) is 0 Å². The van der Waals surface area contributed by atoms with E-state index in [1.54, 1.807) is 43.5 Å². The SMILES string of the molecule is Cc1cccc(NS(=O)(=O)c2cc(NC(=O)N[C@@H]3CCO[C@@H](c4ccccn4)C3)ccc2C)c1. The van der Waals surface area contributed by atoms with Gasteiger partial charge in [0, 0.05) is 30.2 Å². The van der Waals surface area contributed by atoms with Crippen molar-refractivity contribution in [1.82, 2.24) is 10.3 Å². The molecule has 0 aliphatic carbocycles. The topological polar surface area (TPSA) is 109 Å². The second-order valence-electron chi connectivity index (χ2n) is 8.39. The van der Waals surface area contributed by atoms with E-state index < -0.39 is 16.1 Å². The van der Waals surface area contributed by atoms with Gasteiger partial charge in [-0.2, -0.15) is 0 Å². The molecule has 1 aliphatic rings. The van der Waals surface area contributed by atoms with E-state index in [4.69, 9.17) is 4.74 Å². The van der Waals surface area contributed by atoms with Crippen molar-refractivity contribution < 1.29 is 17.9 Å². The number of nitrogens with zero attached hydrogens (tertiary/aromatic N) is 1. The van der Waals surface area contributed by atoms with E-state index in [-0.39, 0.29) is 17.0 Å². The number of benzene rings is 2. The molecule has 3 N–H and O–H groups in total. The Morgan fingerprint density at radius 1 is 1.03 bits per heavy atom. The maximum atomic E-state index is 13.0. The van der Waals surface area contributed by atoms with Crippen LogP contribution in [0.3, 0.4) is 0 Å². The third kappa shape index (κ3) is 5.92. The molecule has 178 valence electrons. The fraction of sp³-hybridized carbons (Fsp3) is 0.280. The summed E-state index contributed by atoms with van der Waals surface area (Å²) in [7, 11) is -3.83. The minimum atomic E-state index is -3.83. The van der Waals surface area contributed by atoms with Gasteiger partial charge in [0.1, 0.15) is 6.10 Å². The number of urea groups is 1. The minimum Gasteiger partial charge on any atom is -0.372 e. The fourth-order valence-corrected chi connectivity index (χ4v) is 5.26. The average Bonchev–Trinajstić information content (AvgIpc) is 2.80. The largest absolute Gasteiger partial charge is 0.372 e. The highest BCUT2D eigenvalue weighted by Gasteiger charge is 2.26. The van der Waals surface area contributed by atoms with Crippen molar-refractivity contribution in [3.63, 3.8) is 0 Å². The second kappa shape index (κ2) is 10.2. The molecule has 0 bridgehead atoms. The number of ether oxygens (including phenoxy) is 1. The lowest BCUT2D eigenvalue weighted by molar-refractivity contribution is 0.0000438. The molecule has 4 rings (SSSR count). The molecule has 2 heterocycles. The number of nitrogens with one attached hydrogen (secondary N) is 3. The third-order valence-electron chi connectivity index (χ3n) is 5.64. The van der Waals surface area contributed by atoms with Gasteiger partial charge in [-0.1, -0.05) is 24.3 Å². The van der Waals surface area contributed by atoms with Gasteiger partial charge in [0.25, 0.3) is 10.0 Å². The summed E-state index contributed by atoms with van der Waals surface area (Å²) in [6, 6.07) is 17.1. The smallest absolute Gasteiger partial charge is 0.319 e. The highest BCUT2D eigenvalue weighted by molar-refractivity contribution is 7.92. The number of pyridine rings is 1. The zero-order valence-corrected chi connectivity index (χ0v) is 19.9. The number of hydrogen-bond acceptors (Lipinski definition) is 5. The van der Waals surface area contributed by atoms with Crippen LogP contribution in [-0.4, -0.2) is 32.1 Å². The molecule has 34 heavy (non-hydrogen) atoms. The Morgan fingerprint density at radius 3 is 2.65 bits per heavy atom. The van der Waals surface area contributed by atoms with Crippen LogP contribution in [0.4, 0.5) is 16.2 Å². The fourth-order valence-electron chi connectivity index (χ4n) is 3.94. The van der Waals surface area contributed by atoms with Crippen molar-refractivity contribution in [3.05, 3.63) is 83.7 Å². The number of amides is 2. The Balaban J connectivity index is 1.42. The molecule has 9 heteroatoms. The monoisotopic (exact) mass is 480 g/mol. The molecule has 8 nitrogen and oxygen atoms in total. The zero-order chi connectivity index (χ0) is 24.1. The molecule has 1 fully saturated rings. The predicted molar refractivity (Wildman–Crippen MR) is 131 cm³/mol. The molecule has 0 unspecified atom stereocenters. The second-order valence-corrected chi connectivity index (χ2v) is 10.0. The van der Waals surface area contributed by atoms with Crippen LogP contribution in [-0.2, 0) is 14.8 Å². The minimum absolute atomic E-state index is 0.0857. The van der Waals surface area contributed by atoms with Crippen molar-refractivity contribution in [1.29, 1.82) is 0 Å². The summed E-state index contributed by atoms with van der Waals surface area (Å²) < 4.78 is 34.4. The van der Waals surface area contributed by atoms with Gasteiger partial charge in [0.2, 0.25) is 0 Å². The van der Waals surface area contributed by atoms with Gasteiger partial charge in [-0.25, -0.2) is 13.2 Å². The molecule has 0 radical (unpaired) electrons. The van der Waals surface area contributed by atoms with Gasteiger partial charge in [-0.05, 0) is 74.2 Å². The van der Waals surface area contributed by atoms with Gasteiger partial charge in [0.05, 0.1) is 10.6 Å². The Kier molecular flexibility index (Phi) is 7.14. The molecule has 1 aliphatic heterocycles. The summed E-state index contributed by atoms with van der Waals surface area (Å²) in [4.78, 5) is 17.1. The van der Waals surface area contributed by atoms with Gasteiger partial charge in [-0.3, -0.25) is 9.71 Å². The van der Waals surface area contributed by atoms with Gasteiger partial charge >= 0.3 is 6.03 Å². The quantitative estimate of drug-likeness (QED) is 0.480. The molecule has 0 spiro atoms. The van der Waals surface area contributed by atoms with Crippen molar-refractivity contribution in [2.45, 2.75) is 43.7 Å². The lowest BCUT2D eigenvalue weighted by atomic mass is 10.0. The van der Waals surface area contributed by atoms with Crippen LogP contribution in [0.1, 0.15) is 35.8 Å². The lowest BCUT2D eigenvalue weighted by Gasteiger charge is -2.29. The van der Waals surface area contributed by atoms with Gasteiger partial charge in [0.15, 0.2) is 0 Å². The molecule has 2 aromatic carbocycles. The lowest BCUT2D eigenvalue weighted by Crippen LogP contribution is -2.42.